The molecule has 0 nitrogen and oxygen atoms in total. The van der Waals surface area contributed by atoms with Crippen LogP contribution in [0.4, 0.5) is 8.78 Å². The van der Waals surface area contributed by atoms with Crippen LogP contribution in [0.5, 0.6) is 0 Å². The van der Waals surface area contributed by atoms with E-state index in [-0.39, 0.29) is 5.56 Å². The van der Waals surface area contributed by atoms with Crippen molar-refractivity contribution in [2.45, 2.75) is 25.2 Å². The molecule has 1 aliphatic carbocycles. The lowest BCUT2D eigenvalue weighted by Crippen LogP contribution is -2.31. The van der Waals surface area contributed by atoms with Crippen LogP contribution in [0.15, 0.2) is 28.7 Å². The molecule has 0 radical (unpaired) electrons. The third kappa shape index (κ3) is 1.70. The summed E-state index contributed by atoms with van der Waals surface area (Å²) < 4.78 is 28.3. The van der Waals surface area contributed by atoms with Crippen LogP contribution < -0.4 is 0 Å². The highest BCUT2D eigenvalue weighted by atomic mass is 79.9. The standard InChI is InChI=1S/C11H11BrF2/c12-10-6-4-9(5-7-10)11(13,14)8-2-1-3-8/h4-8H,1-3H2. The molecule has 0 aliphatic heterocycles. The van der Waals surface area contributed by atoms with Crippen molar-refractivity contribution >= 4 is 15.9 Å². The van der Waals surface area contributed by atoms with E-state index in [4.69, 9.17) is 0 Å². The molecular weight excluding hydrogens is 250 g/mol. The number of halogens is 3. The van der Waals surface area contributed by atoms with Crippen molar-refractivity contribution in [1.82, 2.24) is 0 Å². The van der Waals surface area contributed by atoms with Crippen LogP contribution in [0.1, 0.15) is 24.8 Å². The molecular formula is C11H11BrF2. The van der Waals surface area contributed by atoms with Gasteiger partial charge in [-0.15, -0.1) is 0 Å². The Balaban J connectivity index is 2.23. The van der Waals surface area contributed by atoms with Crippen molar-refractivity contribution in [3.63, 3.8) is 0 Å². The Kier molecular flexibility index (Phi) is 2.60. The van der Waals surface area contributed by atoms with Crippen LogP contribution in [0, 0.1) is 5.92 Å². The first kappa shape index (κ1) is 10.1. The van der Waals surface area contributed by atoms with E-state index in [0.29, 0.717) is 12.8 Å². The summed E-state index contributed by atoms with van der Waals surface area (Å²) in [7, 11) is 0. The van der Waals surface area contributed by atoms with Gasteiger partial charge >= 0.3 is 0 Å². The van der Waals surface area contributed by atoms with Crippen LogP contribution in [0.25, 0.3) is 0 Å². The van der Waals surface area contributed by atoms with Crippen LogP contribution in [0.3, 0.4) is 0 Å². The summed E-state index contributed by atoms with van der Waals surface area (Å²) in [6.07, 6.45) is 2.25. The minimum absolute atomic E-state index is 0.144. The molecule has 0 unspecified atom stereocenters. The van der Waals surface area contributed by atoms with E-state index in [0.717, 1.165) is 10.9 Å². The minimum Gasteiger partial charge on any atom is -0.201 e. The predicted octanol–water partition coefficient (Wildman–Crippen LogP) is 4.34. The predicted molar refractivity (Wildman–Crippen MR) is 55.4 cm³/mol. The summed E-state index contributed by atoms with van der Waals surface area (Å²) in [5, 5.41) is 0. The molecule has 0 heterocycles. The van der Waals surface area contributed by atoms with Gasteiger partial charge in [0.1, 0.15) is 0 Å². The van der Waals surface area contributed by atoms with Gasteiger partial charge in [-0.05, 0) is 25.0 Å². The first-order valence-electron chi connectivity index (χ1n) is 4.74. The molecule has 0 bridgehead atoms. The van der Waals surface area contributed by atoms with Crippen molar-refractivity contribution in [2.75, 3.05) is 0 Å². The maximum Gasteiger partial charge on any atom is 0.276 e. The molecule has 1 saturated carbocycles. The molecule has 0 amide bonds. The molecule has 0 spiro atoms. The summed E-state index contributed by atoms with van der Waals surface area (Å²) in [4.78, 5) is 0. The van der Waals surface area contributed by atoms with E-state index >= 15 is 0 Å². The first-order valence-corrected chi connectivity index (χ1v) is 5.54. The highest BCUT2D eigenvalue weighted by molar-refractivity contribution is 9.10. The van der Waals surface area contributed by atoms with Crippen LogP contribution >= 0.6 is 15.9 Å². The zero-order chi connectivity index (χ0) is 10.2. The number of hydrogen-bond acceptors (Lipinski definition) is 0. The van der Waals surface area contributed by atoms with Crippen molar-refractivity contribution in [2.24, 2.45) is 5.92 Å². The molecule has 3 heteroatoms. The van der Waals surface area contributed by atoms with Gasteiger partial charge in [0.2, 0.25) is 0 Å². The third-order valence-electron chi connectivity index (χ3n) is 2.85. The second-order valence-electron chi connectivity index (χ2n) is 3.76. The van der Waals surface area contributed by atoms with Crippen LogP contribution in [0.2, 0.25) is 0 Å². The fraction of sp³-hybridized carbons (Fsp3) is 0.455. The van der Waals surface area contributed by atoms with E-state index < -0.39 is 11.8 Å². The van der Waals surface area contributed by atoms with Gasteiger partial charge in [0, 0.05) is 16.0 Å². The van der Waals surface area contributed by atoms with Crippen molar-refractivity contribution in [3.8, 4) is 0 Å². The molecule has 1 fully saturated rings. The second-order valence-corrected chi connectivity index (χ2v) is 4.67. The normalized spacial score (nSPS) is 17.9. The maximum absolute atomic E-state index is 13.7. The lowest BCUT2D eigenvalue weighted by Gasteiger charge is -2.33. The summed E-state index contributed by atoms with van der Waals surface area (Å²) in [5.41, 5.74) is 0.144. The second kappa shape index (κ2) is 3.61. The Morgan fingerprint density at radius 3 is 2.14 bits per heavy atom. The molecule has 1 aromatic rings. The molecule has 14 heavy (non-hydrogen) atoms. The van der Waals surface area contributed by atoms with Gasteiger partial charge in [-0.3, -0.25) is 0 Å². The Bertz CT molecular complexity index is 315. The largest absolute Gasteiger partial charge is 0.276 e. The molecule has 0 aromatic heterocycles. The quantitative estimate of drug-likeness (QED) is 0.742. The van der Waals surface area contributed by atoms with E-state index in [1.165, 1.54) is 12.1 Å². The maximum atomic E-state index is 13.7. The molecule has 76 valence electrons. The summed E-state index contributed by atoms with van der Waals surface area (Å²) in [6, 6.07) is 6.34. The van der Waals surface area contributed by atoms with Gasteiger partial charge < -0.3 is 0 Å². The molecule has 0 saturated heterocycles. The minimum atomic E-state index is -2.64. The molecule has 0 atom stereocenters. The van der Waals surface area contributed by atoms with Crippen LogP contribution in [-0.2, 0) is 5.92 Å². The van der Waals surface area contributed by atoms with Gasteiger partial charge in [0.25, 0.3) is 5.92 Å². The van der Waals surface area contributed by atoms with Gasteiger partial charge in [-0.1, -0.05) is 34.5 Å². The van der Waals surface area contributed by atoms with Crippen molar-refractivity contribution in [3.05, 3.63) is 34.3 Å². The Hall–Kier alpha value is -0.440. The number of alkyl halides is 2. The SMILES string of the molecule is FC(F)(c1ccc(Br)cc1)C1CCC1. The molecule has 0 N–H and O–H groups in total. The third-order valence-corrected chi connectivity index (χ3v) is 3.38. The lowest BCUT2D eigenvalue weighted by atomic mass is 9.78. The van der Waals surface area contributed by atoms with Crippen molar-refractivity contribution < 1.29 is 8.78 Å². The highest BCUT2D eigenvalue weighted by Gasteiger charge is 2.44. The molecule has 2 rings (SSSR count). The fourth-order valence-corrected chi connectivity index (χ4v) is 1.94. The van der Waals surface area contributed by atoms with E-state index in [2.05, 4.69) is 15.9 Å². The monoisotopic (exact) mass is 260 g/mol. The summed E-state index contributed by atoms with van der Waals surface area (Å²) in [5.74, 6) is -3.08. The topological polar surface area (TPSA) is 0 Å². The van der Waals surface area contributed by atoms with Crippen molar-refractivity contribution in [1.29, 1.82) is 0 Å². The number of hydrogen-bond donors (Lipinski definition) is 0. The lowest BCUT2D eigenvalue weighted by molar-refractivity contribution is -0.0943. The van der Waals surface area contributed by atoms with Gasteiger partial charge in [-0.25, -0.2) is 8.78 Å². The molecule has 1 aliphatic rings. The highest BCUT2D eigenvalue weighted by Crippen LogP contribution is 2.46. The number of rotatable bonds is 2. The van der Waals surface area contributed by atoms with Gasteiger partial charge in [0.15, 0.2) is 0 Å². The summed E-state index contributed by atoms with van der Waals surface area (Å²) in [6.45, 7) is 0. The summed E-state index contributed by atoms with van der Waals surface area (Å²) >= 11 is 3.24. The zero-order valence-electron chi connectivity index (χ0n) is 7.64. The van der Waals surface area contributed by atoms with E-state index in [9.17, 15) is 8.78 Å². The van der Waals surface area contributed by atoms with Crippen LogP contribution in [-0.4, -0.2) is 0 Å². The van der Waals surface area contributed by atoms with E-state index in [1.54, 1.807) is 12.1 Å². The van der Waals surface area contributed by atoms with Gasteiger partial charge in [-0.2, -0.15) is 0 Å². The number of benzene rings is 1. The molecule has 1 aromatic carbocycles. The zero-order valence-corrected chi connectivity index (χ0v) is 9.23. The van der Waals surface area contributed by atoms with Gasteiger partial charge in [0.05, 0.1) is 0 Å². The Morgan fingerprint density at radius 2 is 1.71 bits per heavy atom. The Labute approximate surface area is 90.4 Å². The smallest absolute Gasteiger partial charge is 0.201 e. The Morgan fingerprint density at radius 1 is 1.14 bits per heavy atom. The average molecular weight is 261 g/mol. The average Bonchev–Trinajstić information content (AvgIpc) is 2.00. The fourth-order valence-electron chi connectivity index (χ4n) is 1.68. The van der Waals surface area contributed by atoms with E-state index in [1.807, 2.05) is 0 Å². The first-order chi connectivity index (χ1) is 6.60.